The lowest BCUT2D eigenvalue weighted by Crippen LogP contribution is -2.99. The zero-order valence-electron chi connectivity index (χ0n) is 18.6. The number of benzene rings is 2. The topological polar surface area (TPSA) is 135 Å². The van der Waals surface area contributed by atoms with Crippen molar-refractivity contribution in [1.29, 1.82) is 0 Å². The van der Waals surface area contributed by atoms with Gasteiger partial charge in [-0.15, -0.1) is 0 Å². The van der Waals surface area contributed by atoms with E-state index in [-0.39, 0.29) is 13.0 Å². The van der Waals surface area contributed by atoms with Gasteiger partial charge in [-0.05, 0) is 42.3 Å². The Morgan fingerprint density at radius 2 is 1.91 bits per heavy atom. The highest BCUT2D eigenvalue weighted by molar-refractivity contribution is 6.35. The van der Waals surface area contributed by atoms with Crippen LogP contribution in [0.4, 0.5) is 5.69 Å². The van der Waals surface area contributed by atoms with Crippen molar-refractivity contribution in [3.05, 3.63) is 58.1 Å². The van der Waals surface area contributed by atoms with Crippen molar-refractivity contribution in [3.63, 3.8) is 0 Å². The van der Waals surface area contributed by atoms with Gasteiger partial charge in [0.1, 0.15) is 23.6 Å². The molecule has 3 aliphatic heterocycles. The summed E-state index contributed by atoms with van der Waals surface area (Å²) >= 11 is 6.42. The lowest BCUT2D eigenvalue weighted by molar-refractivity contribution is -0.732. The molecule has 4 atom stereocenters. The molecule has 0 aliphatic carbocycles. The Balaban J connectivity index is 1.59. The molecule has 9 nitrogen and oxygen atoms in total. The first-order valence-electron chi connectivity index (χ1n) is 10.9. The first-order valence-corrected chi connectivity index (χ1v) is 11.3. The predicted octanol–water partition coefficient (Wildman–Crippen LogP) is 0.427. The van der Waals surface area contributed by atoms with E-state index in [1.165, 1.54) is 4.90 Å². The van der Waals surface area contributed by atoms with Gasteiger partial charge in [-0.25, -0.2) is 0 Å². The number of methoxy groups -OCH3 is 1. The third-order valence-corrected chi connectivity index (χ3v) is 7.40. The highest BCUT2D eigenvalue weighted by Crippen LogP contribution is 2.51. The fraction of sp³-hybridized carbons (Fsp3) is 0.333. The predicted molar refractivity (Wildman–Crippen MR) is 122 cm³/mol. The Morgan fingerprint density at radius 1 is 1.21 bits per heavy atom. The molecular weight excluding hydrogens is 460 g/mol. The molecule has 5 rings (SSSR count). The van der Waals surface area contributed by atoms with Crippen LogP contribution in [0.2, 0.25) is 5.02 Å². The number of hydrogen-bond acceptors (Lipinski definition) is 5. The standard InChI is InChI=1S/C24H23ClN4O5/c1-11-7-14-20(15(25)8-11)27-23(33)24(14)19-18(16(28-24)9-17(26)30)21(31)29(22(19)32)10-12-3-5-13(34-2)6-4-12/h3-8,16,18-19,28H,9-10H2,1-2H3,(H2,26,30)(H,27,33)/p+1/t16-,18-,19+,24+/m1/s1. The van der Waals surface area contributed by atoms with Crippen LogP contribution in [0.1, 0.15) is 23.1 Å². The van der Waals surface area contributed by atoms with E-state index in [4.69, 9.17) is 22.1 Å². The van der Waals surface area contributed by atoms with Crippen molar-refractivity contribution in [2.45, 2.75) is 31.5 Å². The Morgan fingerprint density at radius 3 is 2.56 bits per heavy atom. The maximum atomic E-state index is 13.8. The Labute approximate surface area is 200 Å². The number of ether oxygens (including phenoxy) is 1. The molecule has 3 aliphatic rings. The van der Waals surface area contributed by atoms with Gasteiger partial charge in [-0.2, -0.15) is 0 Å². The van der Waals surface area contributed by atoms with E-state index in [1.54, 1.807) is 42.8 Å². The largest absolute Gasteiger partial charge is 0.497 e. The molecule has 0 saturated carbocycles. The van der Waals surface area contributed by atoms with Crippen LogP contribution in [-0.4, -0.2) is 41.7 Å². The Kier molecular flexibility index (Phi) is 5.14. The van der Waals surface area contributed by atoms with Crippen LogP contribution in [0.3, 0.4) is 0 Å². The van der Waals surface area contributed by atoms with Gasteiger partial charge >= 0.3 is 0 Å². The van der Waals surface area contributed by atoms with E-state index < -0.39 is 47.0 Å². The van der Waals surface area contributed by atoms with Gasteiger partial charge in [-0.3, -0.25) is 24.1 Å². The molecule has 2 fully saturated rings. The molecule has 0 aromatic heterocycles. The summed E-state index contributed by atoms with van der Waals surface area (Å²) in [5, 5.41) is 4.84. The molecule has 1 spiro atoms. The summed E-state index contributed by atoms with van der Waals surface area (Å²) in [6, 6.07) is 9.92. The zero-order valence-corrected chi connectivity index (χ0v) is 19.4. The summed E-state index contributed by atoms with van der Waals surface area (Å²) in [4.78, 5) is 53.8. The van der Waals surface area contributed by atoms with Crippen LogP contribution < -0.4 is 21.1 Å². The van der Waals surface area contributed by atoms with Crippen molar-refractivity contribution in [2.24, 2.45) is 17.6 Å². The number of aryl methyl sites for hydroxylation is 1. The first kappa shape index (κ1) is 22.4. The fourth-order valence-electron chi connectivity index (χ4n) is 5.70. The number of primary amides is 1. The lowest BCUT2D eigenvalue weighted by Gasteiger charge is -2.26. The maximum Gasteiger partial charge on any atom is 0.291 e. The average molecular weight is 484 g/mol. The van der Waals surface area contributed by atoms with E-state index in [9.17, 15) is 19.2 Å². The number of imide groups is 1. The molecule has 2 saturated heterocycles. The maximum absolute atomic E-state index is 13.8. The summed E-state index contributed by atoms with van der Waals surface area (Å²) in [6.45, 7) is 1.89. The molecule has 34 heavy (non-hydrogen) atoms. The molecule has 0 unspecified atom stereocenters. The normalized spacial score (nSPS) is 27.2. The fourth-order valence-corrected chi connectivity index (χ4v) is 6.02. The molecule has 176 valence electrons. The van der Waals surface area contributed by atoms with Crippen molar-refractivity contribution in [1.82, 2.24) is 4.90 Å². The van der Waals surface area contributed by atoms with Crippen molar-refractivity contribution in [3.8, 4) is 5.75 Å². The number of carbonyl (C=O) groups excluding carboxylic acids is 4. The number of rotatable bonds is 5. The van der Waals surface area contributed by atoms with E-state index >= 15 is 0 Å². The quantitative estimate of drug-likeness (QED) is 0.530. The second-order valence-corrected chi connectivity index (χ2v) is 9.51. The number of quaternary nitrogens is 1. The zero-order chi connectivity index (χ0) is 24.4. The van der Waals surface area contributed by atoms with Crippen LogP contribution in [0.15, 0.2) is 36.4 Å². The molecular formula is C24H24ClN4O5+. The molecule has 0 radical (unpaired) electrons. The van der Waals surface area contributed by atoms with Gasteiger partial charge < -0.3 is 21.1 Å². The number of nitrogens with zero attached hydrogens (tertiary/aromatic N) is 1. The van der Waals surface area contributed by atoms with Gasteiger partial charge in [0.05, 0.1) is 30.8 Å². The number of carbonyl (C=O) groups is 4. The van der Waals surface area contributed by atoms with Crippen LogP contribution >= 0.6 is 11.6 Å². The SMILES string of the molecule is COc1ccc(CN2C(=O)[C@H]3[C@@H](C2=O)[C@]2([NH2+][C@@H]3CC(N)=O)C(=O)Nc3c(Cl)cc(C)cc32)cc1. The average Bonchev–Trinajstić information content (AvgIpc) is 3.35. The van der Waals surface area contributed by atoms with Gasteiger partial charge in [0, 0.05) is 5.56 Å². The van der Waals surface area contributed by atoms with Gasteiger partial charge in [0.25, 0.3) is 5.91 Å². The summed E-state index contributed by atoms with van der Waals surface area (Å²) in [5.41, 5.74) is 6.61. The number of fused-ring (bicyclic) bond motifs is 4. The minimum absolute atomic E-state index is 0.0527. The van der Waals surface area contributed by atoms with E-state index in [0.717, 1.165) is 11.1 Å². The van der Waals surface area contributed by atoms with Crippen molar-refractivity contribution in [2.75, 3.05) is 12.4 Å². The third-order valence-electron chi connectivity index (χ3n) is 7.10. The smallest absolute Gasteiger partial charge is 0.291 e. The molecule has 3 heterocycles. The van der Waals surface area contributed by atoms with Crippen molar-refractivity contribution >= 4 is 40.9 Å². The molecule has 10 heteroatoms. The number of hydrogen-bond donors (Lipinski definition) is 3. The molecule has 2 aromatic rings. The van der Waals surface area contributed by atoms with Crippen LogP contribution in [0.25, 0.3) is 0 Å². The second kappa shape index (κ2) is 7.82. The van der Waals surface area contributed by atoms with Crippen molar-refractivity contribution < 1.29 is 29.2 Å². The number of nitrogens with one attached hydrogen (secondary N) is 1. The Bertz CT molecular complexity index is 1250. The highest BCUT2D eigenvalue weighted by Gasteiger charge is 2.74. The van der Waals surface area contributed by atoms with E-state index in [1.807, 2.05) is 13.0 Å². The Hall–Kier alpha value is -3.43. The summed E-state index contributed by atoms with van der Waals surface area (Å²) in [5.74, 6) is -3.09. The van der Waals surface area contributed by atoms with Gasteiger partial charge in [0.2, 0.25) is 23.3 Å². The molecule has 2 aromatic carbocycles. The summed E-state index contributed by atoms with van der Waals surface area (Å²) in [6.07, 6.45) is -0.138. The minimum Gasteiger partial charge on any atom is -0.497 e. The van der Waals surface area contributed by atoms with Crippen LogP contribution in [0.5, 0.6) is 5.75 Å². The van der Waals surface area contributed by atoms with Gasteiger partial charge in [-0.1, -0.05) is 23.7 Å². The highest BCUT2D eigenvalue weighted by atomic mass is 35.5. The monoisotopic (exact) mass is 483 g/mol. The third kappa shape index (κ3) is 3.11. The molecule has 4 amide bonds. The van der Waals surface area contributed by atoms with E-state index in [0.29, 0.717) is 22.0 Å². The van der Waals surface area contributed by atoms with Crippen LogP contribution in [-0.2, 0) is 31.3 Å². The summed E-state index contributed by atoms with van der Waals surface area (Å²) < 4.78 is 5.17. The number of anilines is 1. The first-order chi connectivity index (χ1) is 16.2. The van der Waals surface area contributed by atoms with Crippen LogP contribution in [0, 0.1) is 18.8 Å². The molecule has 5 N–H and O–H groups in total. The molecule has 0 bridgehead atoms. The number of nitrogens with two attached hydrogens (primary N) is 2. The number of likely N-dealkylation sites (tertiary alicyclic amines) is 1. The second-order valence-electron chi connectivity index (χ2n) is 9.11. The summed E-state index contributed by atoms with van der Waals surface area (Å²) in [7, 11) is 1.55. The number of amides is 4. The minimum atomic E-state index is -1.41. The van der Waals surface area contributed by atoms with Gasteiger partial charge in [0.15, 0.2) is 0 Å². The number of halogens is 1. The lowest BCUT2D eigenvalue weighted by atomic mass is 9.76. The van der Waals surface area contributed by atoms with E-state index in [2.05, 4.69) is 5.32 Å².